The van der Waals surface area contributed by atoms with Crippen LogP contribution in [0.3, 0.4) is 0 Å². The molecule has 1 aliphatic carbocycles. The molecule has 0 bridgehead atoms. The molecule has 1 radical (unpaired) electrons. The number of hydrogen-bond acceptors (Lipinski definition) is 8. The Labute approximate surface area is 184 Å². The second-order valence-corrected chi connectivity index (χ2v) is 8.63. The van der Waals surface area contributed by atoms with Crippen molar-refractivity contribution in [3.63, 3.8) is 0 Å². The Balaban J connectivity index is 1.27. The number of carbonyl (C=O) groups excluding carboxylic acids is 1. The van der Waals surface area contributed by atoms with Crippen LogP contribution in [-0.2, 0) is 9.53 Å². The highest BCUT2D eigenvalue weighted by atomic mass is 32.2. The van der Waals surface area contributed by atoms with Crippen LogP contribution in [0.5, 0.6) is 0 Å². The smallest absolute Gasteiger partial charge is 0.285 e. The molecular formula is C21H23N7O2S+. The zero-order valence-electron chi connectivity index (χ0n) is 17.0. The van der Waals surface area contributed by atoms with Crippen LogP contribution in [-0.4, -0.2) is 46.5 Å². The third kappa shape index (κ3) is 4.66. The first-order chi connectivity index (χ1) is 15.2. The van der Waals surface area contributed by atoms with Crippen LogP contribution in [0.4, 0.5) is 11.5 Å². The molecule has 1 amide bonds. The summed E-state index contributed by atoms with van der Waals surface area (Å²) in [4.78, 5) is 19.2. The number of anilines is 2. The maximum atomic E-state index is 11.7. The fourth-order valence-corrected chi connectivity index (χ4v) is 4.26. The highest BCUT2D eigenvalue weighted by Crippen LogP contribution is 2.39. The van der Waals surface area contributed by atoms with Gasteiger partial charge in [-0.25, -0.2) is 0 Å². The number of nitrogens with zero attached hydrogens (tertiary/aromatic N) is 4. The van der Waals surface area contributed by atoms with E-state index in [0.717, 1.165) is 28.1 Å². The number of aliphatic imine (C=N–C) groups is 1. The van der Waals surface area contributed by atoms with E-state index >= 15 is 0 Å². The molecule has 159 valence electrons. The lowest BCUT2D eigenvalue weighted by Crippen LogP contribution is -2.42. The van der Waals surface area contributed by atoms with Crippen molar-refractivity contribution in [2.75, 3.05) is 30.9 Å². The summed E-state index contributed by atoms with van der Waals surface area (Å²) in [5, 5.41) is 13.7. The van der Waals surface area contributed by atoms with E-state index in [1.807, 2.05) is 35.4 Å². The van der Waals surface area contributed by atoms with E-state index in [4.69, 9.17) is 4.74 Å². The number of ether oxygens (including phenoxy) is 1. The zero-order chi connectivity index (χ0) is 21.2. The Hall–Kier alpha value is -3.08. The number of rotatable bonds is 8. The summed E-state index contributed by atoms with van der Waals surface area (Å²) < 4.78 is 6.96. The van der Waals surface area contributed by atoms with Crippen molar-refractivity contribution in [1.82, 2.24) is 19.4 Å². The van der Waals surface area contributed by atoms with Gasteiger partial charge in [-0.2, -0.15) is 10.1 Å². The van der Waals surface area contributed by atoms with Crippen molar-refractivity contribution < 1.29 is 9.53 Å². The Kier molecular flexibility index (Phi) is 5.49. The maximum Gasteiger partial charge on any atom is 0.285 e. The number of benzene rings is 1. The van der Waals surface area contributed by atoms with Gasteiger partial charge in [0.15, 0.2) is 12.0 Å². The van der Waals surface area contributed by atoms with Gasteiger partial charge in [0.25, 0.3) is 11.7 Å². The molecule has 1 fully saturated rings. The van der Waals surface area contributed by atoms with Gasteiger partial charge >= 0.3 is 0 Å². The largest absolute Gasteiger partial charge is 0.375 e. The first-order valence-corrected chi connectivity index (χ1v) is 10.9. The first-order valence-electron chi connectivity index (χ1n) is 10.1. The fraction of sp³-hybridized carbons (Fsp3) is 0.286. The van der Waals surface area contributed by atoms with E-state index in [1.165, 1.54) is 25.6 Å². The molecule has 1 aromatic heterocycles. The van der Waals surface area contributed by atoms with Crippen LogP contribution in [0.2, 0.25) is 0 Å². The lowest BCUT2D eigenvalue weighted by Gasteiger charge is -2.24. The normalized spacial score (nSPS) is 17.9. The van der Waals surface area contributed by atoms with E-state index < -0.39 is 0 Å². The molecule has 31 heavy (non-hydrogen) atoms. The van der Waals surface area contributed by atoms with Crippen LogP contribution >= 0.6 is 11.9 Å². The molecule has 2 aliphatic heterocycles. The van der Waals surface area contributed by atoms with Crippen LogP contribution < -0.4 is 15.5 Å². The second-order valence-electron chi connectivity index (χ2n) is 7.51. The van der Waals surface area contributed by atoms with Crippen molar-refractivity contribution in [2.45, 2.75) is 23.7 Å². The Morgan fingerprint density at radius 2 is 2.19 bits per heavy atom. The second kappa shape index (κ2) is 8.58. The zero-order valence-corrected chi connectivity index (χ0v) is 17.9. The molecule has 0 saturated heterocycles. The number of aromatic nitrogens is 2. The van der Waals surface area contributed by atoms with Gasteiger partial charge in [-0.3, -0.25) is 19.5 Å². The average molecular weight is 438 g/mol. The summed E-state index contributed by atoms with van der Waals surface area (Å²) in [6.07, 6.45) is 8.27. The van der Waals surface area contributed by atoms with E-state index in [9.17, 15) is 4.79 Å². The maximum absolute atomic E-state index is 11.7. The molecule has 10 heteroatoms. The van der Waals surface area contributed by atoms with Crippen LogP contribution in [0.15, 0.2) is 64.6 Å². The number of amides is 1. The molecule has 3 heterocycles. The van der Waals surface area contributed by atoms with Gasteiger partial charge in [0.2, 0.25) is 5.91 Å². The van der Waals surface area contributed by atoms with Gasteiger partial charge in [0.05, 0.1) is 12.4 Å². The van der Waals surface area contributed by atoms with Gasteiger partial charge in [0, 0.05) is 35.4 Å². The van der Waals surface area contributed by atoms with Crippen molar-refractivity contribution in [3.05, 3.63) is 60.4 Å². The standard InChI is InChI=1S/C21H23N7O2S/c1-30-13-21(29)23-15-4-6-16(7-5-15)31-27-11-19-22-8-9-28(19)20(12-27)24-18-10-17(25-26-18)14-2-3-14/h4-10,12,14H,2-3,11,13H2,1H3,(H,23,29)(H2,24,25,26)/q+1. The molecule has 3 N–H and O–H groups in total. The lowest BCUT2D eigenvalue weighted by molar-refractivity contribution is -0.119. The number of fused-ring (bicyclic) bond motifs is 1. The quantitative estimate of drug-likeness (QED) is 0.433. The minimum atomic E-state index is -0.173. The fourth-order valence-electron chi connectivity index (χ4n) is 3.40. The third-order valence-corrected chi connectivity index (χ3v) is 6.00. The molecule has 3 aliphatic rings. The number of H-pyrrole nitrogens is 1. The molecule has 0 spiro atoms. The van der Waals surface area contributed by atoms with Crippen LogP contribution in [0.25, 0.3) is 0 Å². The Bertz CT molecular complexity index is 1060. The van der Waals surface area contributed by atoms with E-state index in [0.29, 0.717) is 12.5 Å². The Morgan fingerprint density at radius 3 is 2.97 bits per heavy atom. The van der Waals surface area contributed by atoms with Crippen LogP contribution in [0, 0.1) is 0 Å². The summed E-state index contributed by atoms with van der Waals surface area (Å²) in [5.74, 6) is 3.09. The van der Waals surface area contributed by atoms with Crippen molar-refractivity contribution in [1.29, 1.82) is 0 Å². The highest BCUT2D eigenvalue weighted by molar-refractivity contribution is 7.97. The highest BCUT2D eigenvalue weighted by Gasteiger charge is 2.37. The number of carbonyl (C=O) groups is 1. The van der Waals surface area contributed by atoms with Crippen molar-refractivity contribution >= 4 is 35.2 Å². The third-order valence-electron chi connectivity index (χ3n) is 5.05. The molecule has 0 unspecified atom stereocenters. The summed E-state index contributed by atoms with van der Waals surface area (Å²) in [5.41, 5.74) is 1.93. The number of aromatic amines is 1. The number of methoxy groups -OCH3 is 1. The minimum Gasteiger partial charge on any atom is -0.375 e. The van der Waals surface area contributed by atoms with E-state index in [1.54, 1.807) is 18.1 Å². The summed E-state index contributed by atoms with van der Waals surface area (Å²) >= 11 is 1.60. The van der Waals surface area contributed by atoms with E-state index in [-0.39, 0.29) is 12.5 Å². The van der Waals surface area contributed by atoms with Crippen molar-refractivity contribution in [3.8, 4) is 0 Å². The summed E-state index contributed by atoms with van der Waals surface area (Å²) in [6.45, 7) is 0.707. The molecule has 9 nitrogen and oxygen atoms in total. The predicted molar refractivity (Wildman–Crippen MR) is 120 cm³/mol. The number of hydrogen-bond donors (Lipinski definition) is 3. The Morgan fingerprint density at radius 1 is 1.35 bits per heavy atom. The number of amidine groups is 1. The SMILES string of the molecule is COCC(=O)Nc1ccc(SN2C=C(Nc3cc(C4CC4)[nH]n3)[N+]3C=CN=C3C2)cc1. The average Bonchev–Trinajstić information content (AvgIpc) is 3.31. The van der Waals surface area contributed by atoms with Crippen molar-refractivity contribution in [2.24, 2.45) is 4.99 Å². The topological polar surface area (TPSA) is 101 Å². The summed E-state index contributed by atoms with van der Waals surface area (Å²) in [6, 6.07) is 9.80. The van der Waals surface area contributed by atoms with E-state index in [2.05, 4.69) is 42.4 Å². The monoisotopic (exact) mass is 437 g/mol. The predicted octanol–water partition coefficient (Wildman–Crippen LogP) is 3.13. The van der Waals surface area contributed by atoms with Gasteiger partial charge in [-0.1, -0.05) is 0 Å². The minimum absolute atomic E-state index is 0.0373. The van der Waals surface area contributed by atoms with Gasteiger partial charge in [0.1, 0.15) is 13.2 Å². The van der Waals surface area contributed by atoms with Gasteiger partial charge < -0.3 is 10.1 Å². The van der Waals surface area contributed by atoms with Gasteiger partial charge in [-0.05, 0) is 54.0 Å². The molecular weight excluding hydrogens is 414 g/mol. The van der Waals surface area contributed by atoms with Gasteiger partial charge in [-0.15, -0.1) is 0 Å². The molecule has 1 saturated carbocycles. The van der Waals surface area contributed by atoms with Crippen LogP contribution in [0.1, 0.15) is 24.5 Å². The summed E-state index contributed by atoms with van der Waals surface area (Å²) in [7, 11) is 1.50. The molecule has 0 atom stereocenters. The molecule has 2 aromatic rings. The molecule has 1 aromatic carbocycles. The lowest BCUT2D eigenvalue weighted by atomic mass is 10.3. The number of nitrogens with one attached hydrogen (secondary N) is 3. The first kappa shape index (κ1) is 19.9. The molecule has 5 rings (SSSR count).